The molecule has 0 unspecified atom stereocenters. The number of carbonyl (C=O) groups is 1. The molecule has 0 amide bonds. The van der Waals surface area contributed by atoms with Gasteiger partial charge in [0.05, 0.1) is 26.5 Å². The van der Waals surface area contributed by atoms with Crippen molar-refractivity contribution in [1.29, 1.82) is 0 Å². The van der Waals surface area contributed by atoms with Crippen LogP contribution < -0.4 is 9.47 Å². The molecule has 0 N–H and O–H groups in total. The lowest BCUT2D eigenvalue weighted by atomic mass is 10.1. The number of benzene rings is 1. The number of aryl methyl sites for hydroxylation is 1. The van der Waals surface area contributed by atoms with Gasteiger partial charge in [0, 0.05) is 18.2 Å². The first-order valence-electron chi connectivity index (χ1n) is 7.11. The fourth-order valence-electron chi connectivity index (χ4n) is 2.19. The van der Waals surface area contributed by atoms with E-state index in [9.17, 15) is 4.79 Å². The third kappa shape index (κ3) is 3.05. The summed E-state index contributed by atoms with van der Waals surface area (Å²) in [5.74, 6) is 0.932. The van der Waals surface area contributed by atoms with Crippen LogP contribution in [0.5, 0.6) is 11.5 Å². The van der Waals surface area contributed by atoms with Gasteiger partial charge in [-0.15, -0.1) is 0 Å². The number of carbonyl (C=O) groups excluding carboxylic acids is 1. The third-order valence-electron chi connectivity index (χ3n) is 3.25. The van der Waals surface area contributed by atoms with Gasteiger partial charge in [-0.1, -0.05) is 0 Å². The van der Waals surface area contributed by atoms with Gasteiger partial charge < -0.3 is 14.2 Å². The van der Waals surface area contributed by atoms with Crippen molar-refractivity contribution >= 4 is 5.97 Å². The van der Waals surface area contributed by atoms with E-state index in [1.807, 2.05) is 19.1 Å². The highest BCUT2D eigenvalue weighted by molar-refractivity contribution is 5.89. The summed E-state index contributed by atoms with van der Waals surface area (Å²) in [6, 6.07) is 7.24. The number of aromatic nitrogens is 2. The summed E-state index contributed by atoms with van der Waals surface area (Å²) in [5.41, 5.74) is 1.93. The van der Waals surface area contributed by atoms with E-state index in [1.165, 1.54) is 0 Å². The molecule has 0 atom stereocenters. The Labute approximate surface area is 129 Å². The van der Waals surface area contributed by atoms with Crippen LogP contribution in [0.4, 0.5) is 0 Å². The molecule has 0 spiro atoms. The lowest BCUT2D eigenvalue weighted by Crippen LogP contribution is -2.07. The highest BCUT2D eigenvalue weighted by atomic mass is 16.5. The zero-order chi connectivity index (χ0) is 16.1. The van der Waals surface area contributed by atoms with Gasteiger partial charge in [0.2, 0.25) is 0 Å². The summed E-state index contributed by atoms with van der Waals surface area (Å²) in [6.07, 6.45) is 0. The molecule has 0 saturated carbocycles. The van der Waals surface area contributed by atoms with Crippen molar-refractivity contribution in [3.8, 4) is 22.8 Å². The van der Waals surface area contributed by atoms with Crippen LogP contribution in [0.2, 0.25) is 0 Å². The molecule has 2 aromatic rings. The molecule has 118 valence electrons. The quantitative estimate of drug-likeness (QED) is 0.768. The van der Waals surface area contributed by atoms with Crippen LogP contribution in [0.25, 0.3) is 11.3 Å². The lowest BCUT2D eigenvalue weighted by molar-refractivity contribution is 0.0518. The second kappa shape index (κ2) is 6.98. The van der Waals surface area contributed by atoms with E-state index in [0.29, 0.717) is 24.7 Å². The predicted octanol–water partition coefficient (Wildman–Crippen LogP) is 2.76. The number of nitrogens with zero attached hydrogens (tertiary/aromatic N) is 2. The molecular formula is C16H20N2O4. The minimum absolute atomic E-state index is 0.288. The average molecular weight is 304 g/mol. The smallest absolute Gasteiger partial charge is 0.358 e. The summed E-state index contributed by atoms with van der Waals surface area (Å²) in [5, 5.41) is 4.30. The highest BCUT2D eigenvalue weighted by Gasteiger charge is 2.18. The van der Waals surface area contributed by atoms with Gasteiger partial charge in [0.25, 0.3) is 0 Å². The van der Waals surface area contributed by atoms with E-state index in [0.717, 1.165) is 11.3 Å². The number of methoxy groups -OCH3 is 2. The molecular weight excluding hydrogens is 284 g/mol. The molecule has 2 rings (SSSR count). The molecule has 0 aliphatic rings. The Hall–Kier alpha value is -2.50. The Morgan fingerprint density at radius 3 is 2.55 bits per heavy atom. The van der Waals surface area contributed by atoms with E-state index < -0.39 is 5.97 Å². The first kappa shape index (κ1) is 15.9. The second-order valence-corrected chi connectivity index (χ2v) is 4.52. The standard InChI is InChI=1S/C16H20N2O4/c1-5-18-14(10-13(17-18)16(19)22-6-2)12-8-7-11(20-3)9-15(12)21-4/h7-10H,5-6H2,1-4H3. The minimum atomic E-state index is -0.427. The highest BCUT2D eigenvalue weighted by Crippen LogP contribution is 2.33. The monoisotopic (exact) mass is 304 g/mol. The zero-order valence-electron chi connectivity index (χ0n) is 13.3. The topological polar surface area (TPSA) is 62.6 Å². The van der Waals surface area contributed by atoms with Gasteiger partial charge in [-0.25, -0.2) is 4.79 Å². The summed E-state index contributed by atoms with van der Waals surface area (Å²) in [7, 11) is 3.20. The summed E-state index contributed by atoms with van der Waals surface area (Å²) >= 11 is 0. The molecule has 0 aliphatic carbocycles. The van der Waals surface area contributed by atoms with Crippen molar-refractivity contribution in [3.63, 3.8) is 0 Å². The Morgan fingerprint density at radius 2 is 1.95 bits per heavy atom. The van der Waals surface area contributed by atoms with Crippen LogP contribution in [0.15, 0.2) is 24.3 Å². The molecule has 0 radical (unpaired) electrons. The van der Waals surface area contributed by atoms with Crippen molar-refractivity contribution in [3.05, 3.63) is 30.0 Å². The molecule has 6 heteroatoms. The number of hydrogen-bond donors (Lipinski definition) is 0. The van der Waals surface area contributed by atoms with E-state index in [2.05, 4.69) is 5.10 Å². The van der Waals surface area contributed by atoms with Crippen molar-refractivity contribution < 1.29 is 19.0 Å². The Kier molecular flexibility index (Phi) is 5.04. The van der Waals surface area contributed by atoms with Crippen LogP contribution in [-0.4, -0.2) is 36.6 Å². The first-order chi connectivity index (χ1) is 10.6. The van der Waals surface area contributed by atoms with Gasteiger partial charge in [-0.2, -0.15) is 5.10 Å². The second-order valence-electron chi connectivity index (χ2n) is 4.52. The predicted molar refractivity (Wildman–Crippen MR) is 82.4 cm³/mol. The van der Waals surface area contributed by atoms with Crippen LogP contribution in [0.3, 0.4) is 0 Å². The van der Waals surface area contributed by atoms with Gasteiger partial charge in [0.15, 0.2) is 5.69 Å². The Balaban J connectivity index is 2.49. The maximum absolute atomic E-state index is 11.9. The van der Waals surface area contributed by atoms with E-state index in [-0.39, 0.29) is 5.69 Å². The maximum atomic E-state index is 11.9. The molecule has 22 heavy (non-hydrogen) atoms. The van der Waals surface area contributed by atoms with Crippen molar-refractivity contribution in [2.75, 3.05) is 20.8 Å². The molecule has 0 aliphatic heterocycles. The third-order valence-corrected chi connectivity index (χ3v) is 3.25. The maximum Gasteiger partial charge on any atom is 0.358 e. The first-order valence-corrected chi connectivity index (χ1v) is 7.11. The molecule has 0 bridgehead atoms. The number of hydrogen-bond acceptors (Lipinski definition) is 5. The largest absolute Gasteiger partial charge is 0.497 e. The molecule has 1 aromatic heterocycles. The fourth-order valence-corrected chi connectivity index (χ4v) is 2.19. The molecule has 1 heterocycles. The Morgan fingerprint density at radius 1 is 1.18 bits per heavy atom. The van der Waals surface area contributed by atoms with Crippen molar-refractivity contribution in [2.45, 2.75) is 20.4 Å². The summed E-state index contributed by atoms with van der Waals surface area (Å²) in [6.45, 7) is 4.67. The van der Waals surface area contributed by atoms with E-state index in [4.69, 9.17) is 14.2 Å². The Bertz CT molecular complexity index is 664. The molecule has 1 aromatic carbocycles. The summed E-state index contributed by atoms with van der Waals surface area (Å²) in [4.78, 5) is 11.9. The van der Waals surface area contributed by atoms with Crippen LogP contribution in [0.1, 0.15) is 24.3 Å². The van der Waals surface area contributed by atoms with Gasteiger partial charge in [-0.05, 0) is 32.0 Å². The SMILES string of the molecule is CCOC(=O)c1cc(-c2ccc(OC)cc2OC)n(CC)n1. The summed E-state index contributed by atoms with van der Waals surface area (Å²) < 4.78 is 17.4. The normalized spacial score (nSPS) is 10.4. The molecule has 6 nitrogen and oxygen atoms in total. The lowest BCUT2D eigenvalue weighted by Gasteiger charge is -2.11. The zero-order valence-corrected chi connectivity index (χ0v) is 13.3. The van der Waals surface area contributed by atoms with Crippen molar-refractivity contribution in [1.82, 2.24) is 9.78 Å². The molecule has 0 saturated heterocycles. The van der Waals surface area contributed by atoms with E-state index >= 15 is 0 Å². The van der Waals surface area contributed by atoms with Crippen LogP contribution >= 0.6 is 0 Å². The number of esters is 1. The van der Waals surface area contributed by atoms with Crippen LogP contribution in [-0.2, 0) is 11.3 Å². The van der Waals surface area contributed by atoms with Gasteiger partial charge >= 0.3 is 5.97 Å². The average Bonchev–Trinajstić information content (AvgIpc) is 2.98. The van der Waals surface area contributed by atoms with Gasteiger partial charge in [-0.3, -0.25) is 4.68 Å². The number of ether oxygens (including phenoxy) is 3. The molecule has 0 fully saturated rings. The fraction of sp³-hybridized carbons (Fsp3) is 0.375. The van der Waals surface area contributed by atoms with Gasteiger partial charge in [0.1, 0.15) is 11.5 Å². The van der Waals surface area contributed by atoms with Crippen LogP contribution in [0, 0.1) is 0 Å². The minimum Gasteiger partial charge on any atom is -0.497 e. The number of rotatable bonds is 6. The van der Waals surface area contributed by atoms with Crippen molar-refractivity contribution in [2.24, 2.45) is 0 Å². The van der Waals surface area contributed by atoms with E-state index in [1.54, 1.807) is 38.0 Å².